The molecule has 0 unspecified atom stereocenters. The van der Waals surface area contributed by atoms with Crippen molar-refractivity contribution in [1.29, 1.82) is 0 Å². The van der Waals surface area contributed by atoms with Crippen LogP contribution in [0.2, 0.25) is 0 Å². The highest BCUT2D eigenvalue weighted by Crippen LogP contribution is 2.23. The van der Waals surface area contributed by atoms with Crippen molar-refractivity contribution in [2.24, 2.45) is 5.92 Å². The first-order chi connectivity index (χ1) is 15.7. The molecule has 0 bridgehead atoms. The zero-order chi connectivity index (χ0) is 21.9. The van der Waals surface area contributed by atoms with Crippen LogP contribution in [-0.4, -0.2) is 75.9 Å². The molecule has 5 heterocycles. The van der Waals surface area contributed by atoms with Crippen LogP contribution in [0.3, 0.4) is 0 Å². The number of thiophene rings is 1. The van der Waals surface area contributed by atoms with Gasteiger partial charge in [-0.15, -0.1) is 11.3 Å². The Hall–Kier alpha value is -2.98. The van der Waals surface area contributed by atoms with E-state index in [1.165, 1.54) is 6.26 Å². The minimum Gasteiger partial charge on any atom is -0.459 e. The van der Waals surface area contributed by atoms with Gasteiger partial charge >= 0.3 is 0 Å². The smallest absolute Gasteiger partial charge is 0.289 e. The fourth-order valence-electron chi connectivity index (χ4n) is 4.29. The standard InChI is InChI=1S/C22H25N5O4S/c28-21(16-5-7-26(8-6-16)22(29)17-3-1-13-30-17)27-11-9-25(10-12-27)15-19-23-20(24-31-19)18-4-2-14-32-18/h1-4,13-14,16H,5-12,15H2. The molecule has 0 spiro atoms. The Kier molecular flexibility index (Phi) is 6.04. The van der Waals surface area contributed by atoms with E-state index in [-0.39, 0.29) is 17.7 Å². The second kappa shape index (κ2) is 9.25. The third-order valence-electron chi connectivity index (χ3n) is 6.12. The summed E-state index contributed by atoms with van der Waals surface area (Å²) < 4.78 is 10.6. The van der Waals surface area contributed by atoms with Gasteiger partial charge in [0.15, 0.2) is 5.76 Å². The first-order valence-electron chi connectivity index (χ1n) is 10.9. The molecule has 9 nitrogen and oxygen atoms in total. The number of amides is 2. The Morgan fingerprint density at radius 1 is 1.03 bits per heavy atom. The fourth-order valence-corrected chi connectivity index (χ4v) is 4.94. The van der Waals surface area contributed by atoms with E-state index in [4.69, 9.17) is 8.94 Å². The number of carbonyl (C=O) groups excluding carboxylic acids is 2. The van der Waals surface area contributed by atoms with Gasteiger partial charge in [-0.3, -0.25) is 14.5 Å². The van der Waals surface area contributed by atoms with Crippen molar-refractivity contribution in [2.75, 3.05) is 39.3 Å². The molecule has 0 saturated carbocycles. The van der Waals surface area contributed by atoms with E-state index in [2.05, 4.69) is 15.0 Å². The van der Waals surface area contributed by atoms with Crippen LogP contribution in [0.25, 0.3) is 10.7 Å². The molecule has 0 aliphatic carbocycles. The molecule has 2 saturated heterocycles. The van der Waals surface area contributed by atoms with E-state index in [1.807, 2.05) is 22.4 Å². The topological polar surface area (TPSA) is 95.9 Å². The predicted octanol–water partition coefficient (Wildman–Crippen LogP) is 2.59. The van der Waals surface area contributed by atoms with Crippen LogP contribution in [-0.2, 0) is 11.3 Å². The summed E-state index contributed by atoms with van der Waals surface area (Å²) in [7, 11) is 0. The zero-order valence-electron chi connectivity index (χ0n) is 17.7. The van der Waals surface area contributed by atoms with Crippen molar-refractivity contribution >= 4 is 23.2 Å². The van der Waals surface area contributed by atoms with Gasteiger partial charge in [0.2, 0.25) is 17.6 Å². The lowest BCUT2D eigenvalue weighted by Crippen LogP contribution is -2.51. The van der Waals surface area contributed by atoms with Gasteiger partial charge in [-0.2, -0.15) is 4.98 Å². The average Bonchev–Trinajstić information content (AvgIpc) is 3.61. The maximum atomic E-state index is 13.0. The van der Waals surface area contributed by atoms with Crippen LogP contribution in [0, 0.1) is 5.92 Å². The molecule has 2 aliphatic heterocycles. The minimum atomic E-state index is -0.0993. The van der Waals surface area contributed by atoms with Gasteiger partial charge in [-0.25, -0.2) is 0 Å². The third-order valence-corrected chi connectivity index (χ3v) is 6.98. The normalized spacial score (nSPS) is 18.2. The Morgan fingerprint density at radius 3 is 2.53 bits per heavy atom. The number of furan rings is 1. The lowest BCUT2D eigenvalue weighted by molar-refractivity contribution is -0.138. The highest BCUT2D eigenvalue weighted by molar-refractivity contribution is 7.13. The molecule has 0 radical (unpaired) electrons. The molecule has 2 aliphatic rings. The summed E-state index contributed by atoms with van der Waals surface area (Å²) in [6, 6.07) is 7.33. The molecular weight excluding hydrogens is 430 g/mol. The Bertz CT molecular complexity index is 1030. The van der Waals surface area contributed by atoms with Crippen LogP contribution in [0.1, 0.15) is 29.3 Å². The van der Waals surface area contributed by atoms with Gasteiger partial charge in [0.1, 0.15) is 0 Å². The lowest BCUT2D eigenvalue weighted by Gasteiger charge is -2.38. The Labute approximate surface area is 189 Å². The predicted molar refractivity (Wildman–Crippen MR) is 117 cm³/mol. The molecule has 3 aromatic rings. The van der Waals surface area contributed by atoms with Gasteiger partial charge in [-0.05, 0) is 36.4 Å². The molecule has 10 heteroatoms. The minimum absolute atomic E-state index is 0.0218. The Morgan fingerprint density at radius 2 is 1.84 bits per heavy atom. The van der Waals surface area contributed by atoms with Crippen LogP contribution in [0.5, 0.6) is 0 Å². The number of nitrogens with zero attached hydrogens (tertiary/aromatic N) is 5. The third kappa shape index (κ3) is 4.46. The van der Waals surface area contributed by atoms with Gasteiger partial charge < -0.3 is 18.7 Å². The lowest BCUT2D eigenvalue weighted by atomic mass is 9.94. The molecule has 5 rings (SSSR count). The van der Waals surface area contributed by atoms with Gasteiger partial charge in [0.05, 0.1) is 17.7 Å². The summed E-state index contributed by atoms with van der Waals surface area (Å²) >= 11 is 1.58. The van der Waals surface area contributed by atoms with Crippen molar-refractivity contribution in [1.82, 2.24) is 24.8 Å². The second-order valence-electron chi connectivity index (χ2n) is 8.13. The van der Waals surface area contributed by atoms with Crippen LogP contribution < -0.4 is 0 Å². The first-order valence-corrected chi connectivity index (χ1v) is 11.8. The number of piperidine rings is 1. The van der Waals surface area contributed by atoms with Crippen LogP contribution >= 0.6 is 11.3 Å². The maximum absolute atomic E-state index is 13.0. The van der Waals surface area contributed by atoms with Gasteiger partial charge in [0.25, 0.3) is 5.91 Å². The first kappa shape index (κ1) is 20.9. The largest absolute Gasteiger partial charge is 0.459 e. The van der Waals surface area contributed by atoms with Crippen molar-refractivity contribution in [3.63, 3.8) is 0 Å². The molecule has 2 amide bonds. The van der Waals surface area contributed by atoms with Crippen molar-refractivity contribution in [2.45, 2.75) is 19.4 Å². The van der Waals surface area contributed by atoms with Crippen LogP contribution in [0.4, 0.5) is 0 Å². The van der Waals surface area contributed by atoms with Crippen molar-refractivity contribution in [3.8, 4) is 10.7 Å². The average molecular weight is 456 g/mol. The van der Waals surface area contributed by atoms with Crippen LogP contribution in [0.15, 0.2) is 44.8 Å². The summed E-state index contributed by atoms with van der Waals surface area (Å²) in [6.45, 7) is 4.69. The number of aromatic nitrogens is 2. The summed E-state index contributed by atoms with van der Waals surface area (Å²) in [5.41, 5.74) is 0. The number of hydrogen-bond acceptors (Lipinski definition) is 8. The fraction of sp³-hybridized carbons (Fsp3) is 0.455. The van der Waals surface area contributed by atoms with E-state index in [1.54, 1.807) is 28.4 Å². The molecule has 2 fully saturated rings. The van der Waals surface area contributed by atoms with E-state index in [0.717, 1.165) is 18.0 Å². The molecule has 3 aromatic heterocycles. The highest BCUT2D eigenvalue weighted by atomic mass is 32.1. The number of likely N-dealkylation sites (tertiary alicyclic amines) is 1. The SMILES string of the molecule is O=C(c1ccco1)N1CCC(C(=O)N2CCN(Cc3nc(-c4cccs4)no3)CC2)CC1. The molecule has 0 aromatic carbocycles. The molecular formula is C22H25N5O4S. The second-order valence-corrected chi connectivity index (χ2v) is 9.08. The summed E-state index contributed by atoms with van der Waals surface area (Å²) in [4.78, 5) is 36.9. The molecule has 32 heavy (non-hydrogen) atoms. The highest BCUT2D eigenvalue weighted by Gasteiger charge is 2.32. The van der Waals surface area contributed by atoms with E-state index >= 15 is 0 Å². The van der Waals surface area contributed by atoms with Crippen molar-refractivity contribution in [3.05, 3.63) is 47.6 Å². The summed E-state index contributed by atoms with van der Waals surface area (Å²) in [6.07, 6.45) is 2.89. The summed E-state index contributed by atoms with van der Waals surface area (Å²) in [5.74, 6) is 1.66. The maximum Gasteiger partial charge on any atom is 0.289 e. The number of carbonyl (C=O) groups is 2. The summed E-state index contributed by atoms with van der Waals surface area (Å²) in [5, 5.41) is 6.05. The van der Waals surface area contributed by atoms with E-state index < -0.39 is 0 Å². The van der Waals surface area contributed by atoms with Crippen molar-refractivity contribution < 1.29 is 18.5 Å². The zero-order valence-corrected chi connectivity index (χ0v) is 18.5. The van der Waals surface area contributed by atoms with Gasteiger partial charge in [0, 0.05) is 45.2 Å². The Balaban J connectivity index is 1.08. The van der Waals surface area contributed by atoms with E-state index in [9.17, 15) is 9.59 Å². The van der Waals surface area contributed by atoms with Gasteiger partial charge in [-0.1, -0.05) is 11.2 Å². The van der Waals surface area contributed by atoms with E-state index in [0.29, 0.717) is 63.0 Å². The molecule has 168 valence electrons. The molecule has 0 atom stereocenters. The number of piperazine rings is 1. The molecule has 0 N–H and O–H groups in total. The quantitative estimate of drug-likeness (QED) is 0.583. The number of rotatable bonds is 5. The number of hydrogen-bond donors (Lipinski definition) is 0. The monoisotopic (exact) mass is 455 g/mol.